The Bertz CT molecular complexity index is 1780. The normalized spacial score (nSPS) is 14.3. The van der Waals surface area contributed by atoms with Crippen molar-refractivity contribution in [1.82, 2.24) is 35.1 Å². The third-order valence-corrected chi connectivity index (χ3v) is 7.40. The minimum Gasteiger partial charge on any atom is -0.472 e. The monoisotopic (exact) mass is 518 g/mol. The van der Waals surface area contributed by atoms with Crippen LogP contribution in [0.1, 0.15) is 38.5 Å². The van der Waals surface area contributed by atoms with Crippen LogP contribution in [0.5, 0.6) is 0 Å². The molecule has 6 aromatic heterocycles. The molecule has 194 valence electrons. The SMILES string of the molecule is O=C(CC1CCCCC1)Nc1cncc(-c2cc3c(-c4nc5c(-c6ccoc6)ccnc5[nH]4)n[nH]c3cn2)c1. The molecule has 7 rings (SSSR count). The summed E-state index contributed by atoms with van der Waals surface area (Å²) in [6.07, 6.45) is 16.8. The quantitative estimate of drug-likeness (QED) is 0.241. The fourth-order valence-electron chi connectivity index (χ4n) is 5.44. The van der Waals surface area contributed by atoms with Gasteiger partial charge >= 0.3 is 0 Å². The van der Waals surface area contributed by atoms with E-state index < -0.39 is 0 Å². The van der Waals surface area contributed by atoms with E-state index in [1.807, 2.05) is 24.3 Å². The van der Waals surface area contributed by atoms with E-state index in [1.54, 1.807) is 37.3 Å². The van der Waals surface area contributed by atoms with Gasteiger partial charge in [0.25, 0.3) is 0 Å². The predicted octanol–water partition coefficient (Wildman–Crippen LogP) is 6.13. The molecule has 1 amide bonds. The van der Waals surface area contributed by atoms with Crippen LogP contribution in [0.15, 0.2) is 66.0 Å². The van der Waals surface area contributed by atoms with Gasteiger partial charge in [0.15, 0.2) is 11.5 Å². The average molecular weight is 519 g/mol. The minimum absolute atomic E-state index is 0.0367. The van der Waals surface area contributed by atoms with Crippen LogP contribution in [-0.4, -0.2) is 41.0 Å². The molecule has 0 bridgehead atoms. The molecular formula is C29H26N8O2. The number of carbonyl (C=O) groups is 1. The summed E-state index contributed by atoms with van der Waals surface area (Å²) in [7, 11) is 0. The van der Waals surface area contributed by atoms with Gasteiger partial charge < -0.3 is 14.7 Å². The second-order valence-corrected chi connectivity index (χ2v) is 10.1. The number of rotatable bonds is 6. The summed E-state index contributed by atoms with van der Waals surface area (Å²) in [5.41, 5.74) is 6.87. The Labute approximate surface area is 223 Å². The number of nitrogens with zero attached hydrogens (tertiary/aromatic N) is 5. The van der Waals surface area contributed by atoms with Gasteiger partial charge in [-0.2, -0.15) is 5.10 Å². The molecule has 0 radical (unpaired) electrons. The first kappa shape index (κ1) is 23.3. The molecule has 1 aliphatic rings. The molecule has 0 aliphatic heterocycles. The topological polar surface area (TPSA) is 138 Å². The number of hydrogen-bond donors (Lipinski definition) is 3. The summed E-state index contributed by atoms with van der Waals surface area (Å²) < 4.78 is 5.26. The van der Waals surface area contributed by atoms with Gasteiger partial charge in [0, 0.05) is 40.9 Å². The number of carbonyl (C=O) groups excluding carboxylic acids is 1. The van der Waals surface area contributed by atoms with Gasteiger partial charge in [-0.15, -0.1) is 0 Å². The molecule has 0 unspecified atom stereocenters. The van der Waals surface area contributed by atoms with Gasteiger partial charge in [0.1, 0.15) is 11.2 Å². The standard InChI is InChI=1S/C29H26N8O2/c38-25(10-17-4-2-1-3-5-17)33-20-11-19(13-30-14-20)23-12-22-24(15-32-23)36-37-27(22)29-34-26-21(18-7-9-39-16-18)6-8-31-28(26)35-29/h6-9,11-17H,1-5,10H2,(H,33,38)(H,36,37)(H,31,34,35). The third-order valence-electron chi connectivity index (χ3n) is 7.40. The predicted molar refractivity (Wildman–Crippen MR) is 148 cm³/mol. The van der Waals surface area contributed by atoms with E-state index in [-0.39, 0.29) is 5.91 Å². The highest BCUT2D eigenvalue weighted by atomic mass is 16.3. The van der Waals surface area contributed by atoms with Gasteiger partial charge in [-0.3, -0.25) is 19.9 Å². The molecule has 0 saturated heterocycles. The molecule has 0 aromatic carbocycles. The van der Waals surface area contributed by atoms with Crippen molar-refractivity contribution in [2.45, 2.75) is 38.5 Å². The van der Waals surface area contributed by atoms with Gasteiger partial charge in [-0.1, -0.05) is 19.3 Å². The lowest BCUT2D eigenvalue weighted by Gasteiger charge is -2.20. The summed E-state index contributed by atoms with van der Waals surface area (Å²) in [6, 6.07) is 7.67. The average Bonchev–Trinajstić information content (AvgIpc) is 3.73. The number of hydrogen-bond acceptors (Lipinski definition) is 7. The third kappa shape index (κ3) is 4.54. The number of anilines is 1. The molecule has 1 fully saturated rings. The van der Waals surface area contributed by atoms with Crippen LogP contribution in [0, 0.1) is 5.92 Å². The Balaban J connectivity index is 1.19. The van der Waals surface area contributed by atoms with Crippen molar-refractivity contribution in [2.75, 3.05) is 5.32 Å². The Morgan fingerprint density at radius 1 is 1.05 bits per heavy atom. The summed E-state index contributed by atoms with van der Waals surface area (Å²) in [5.74, 6) is 1.11. The van der Waals surface area contributed by atoms with E-state index in [0.717, 1.165) is 46.0 Å². The lowest BCUT2D eigenvalue weighted by Crippen LogP contribution is -2.18. The zero-order chi connectivity index (χ0) is 26.2. The van der Waals surface area contributed by atoms with Crippen molar-refractivity contribution in [3.63, 3.8) is 0 Å². The van der Waals surface area contributed by atoms with Crippen LogP contribution in [0.25, 0.3) is 56.0 Å². The Kier molecular flexibility index (Phi) is 5.84. The highest BCUT2D eigenvalue weighted by Crippen LogP contribution is 2.32. The number of aromatic nitrogens is 7. The molecule has 6 aromatic rings. The van der Waals surface area contributed by atoms with Gasteiger partial charge in [0.05, 0.1) is 41.8 Å². The first-order valence-electron chi connectivity index (χ1n) is 13.2. The number of fused-ring (bicyclic) bond motifs is 2. The van der Waals surface area contributed by atoms with Gasteiger partial charge in [0.2, 0.25) is 5.91 Å². The zero-order valence-electron chi connectivity index (χ0n) is 21.1. The summed E-state index contributed by atoms with van der Waals surface area (Å²) in [4.78, 5) is 34.2. The van der Waals surface area contributed by atoms with Crippen molar-refractivity contribution in [3.8, 4) is 33.9 Å². The number of pyridine rings is 3. The largest absolute Gasteiger partial charge is 0.472 e. The highest BCUT2D eigenvalue weighted by Gasteiger charge is 2.19. The van der Waals surface area contributed by atoms with E-state index in [1.165, 1.54) is 19.3 Å². The fourth-order valence-corrected chi connectivity index (χ4v) is 5.44. The number of amides is 1. The van der Waals surface area contributed by atoms with Crippen LogP contribution in [0.4, 0.5) is 5.69 Å². The fraction of sp³-hybridized carbons (Fsp3) is 0.241. The molecule has 10 heteroatoms. The van der Waals surface area contributed by atoms with E-state index >= 15 is 0 Å². The number of nitrogens with one attached hydrogen (secondary N) is 3. The lowest BCUT2D eigenvalue weighted by atomic mass is 9.87. The first-order valence-corrected chi connectivity index (χ1v) is 13.2. The lowest BCUT2D eigenvalue weighted by molar-refractivity contribution is -0.117. The summed E-state index contributed by atoms with van der Waals surface area (Å²) in [5, 5.41) is 11.5. The maximum atomic E-state index is 12.7. The number of aromatic amines is 2. The van der Waals surface area contributed by atoms with Crippen LogP contribution >= 0.6 is 0 Å². The number of imidazole rings is 1. The summed E-state index contributed by atoms with van der Waals surface area (Å²) >= 11 is 0. The molecule has 1 saturated carbocycles. The molecular weight excluding hydrogens is 492 g/mol. The van der Waals surface area contributed by atoms with E-state index in [9.17, 15) is 4.79 Å². The molecule has 1 aliphatic carbocycles. The van der Waals surface area contributed by atoms with Crippen LogP contribution in [0.2, 0.25) is 0 Å². The highest BCUT2D eigenvalue weighted by molar-refractivity contribution is 5.97. The molecule has 0 atom stereocenters. The maximum absolute atomic E-state index is 12.7. The van der Waals surface area contributed by atoms with Crippen molar-refractivity contribution < 1.29 is 9.21 Å². The number of furan rings is 1. The Morgan fingerprint density at radius 2 is 1.97 bits per heavy atom. The molecule has 3 N–H and O–H groups in total. The second-order valence-electron chi connectivity index (χ2n) is 10.1. The smallest absolute Gasteiger partial charge is 0.224 e. The van der Waals surface area contributed by atoms with Crippen molar-refractivity contribution in [2.24, 2.45) is 5.92 Å². The molecule has 0 spiro atoms. The van der Waals surface area contributed by atoms with Gasteiger partial charge in [-0.05, 0) is 43.0 Å². The molecule has 39 heavy (non-hydrogen) atoms. The second kappa shape index (κ2) is 9.79. The minimum atomic E-state index is 0.0367. The molecule has 6 heterocycles. The van der Waals surface area contributed by atoms with E-state index in [0.29, 0.717) is 40.9 Å². The Hall–Kier alpha value is -4.86. The van der Waals surface area contributed by atoms with Gasteiger partial charge in [-0.25, -0.2) is 9.97 Å². The van der Waals surface area contributed by atoms with E-state index in [2.05, 4.69) is 35.5 Å². The number of H-pyrrole nitrogens is 2. The van der Waals surface area contributed by atoms with Crippen molar-refractivity contribution in [3.05, 3.63) is 61.6 Å². The van der Waals surface area contributed by atoms with E-state index in [4.69, 9.17) is 9.40 Å². The van der Waals surface area contributed by atoms with Crippen LogP contribution in [0.3, 0.4) is 0 Å². The summed E-state index contributed by atoms with van der Waals surface area (Å²) in [6.45, 7) is 0. The first-order chi connectivity index (χ1) is 19.2. The van der Waals surface area contributed by atoms with Crippen LogP contribution < -0.4 is 5.32 Å². The van der Waals surface area contributed by atoms with Crippen LogP contribution in [-0.2, 0) is 4.79 Å². The molecule has 10 nitrogen and oxygen atoms in total. The zero-order valence-corrected chi connectivity index (χ0v) is 21.1. The van der Waals surface area contributed by atoms with Crippen molar-refractivity contribution >= 4 is 33.7 Å². The maximum Gasteiger partial charge on any atom is 0.224 e. The Morgan fingerprint density at radius 3 is 2.85 bits per heavy atom. The van der Waals surface area contributed by atoms with Crippen molar-refractivity contribution in [1.29, 1.82) is 0 Å².